The molecule has 4 aromatic carbocycles. The number of carbonyl (C=O) groups excluding carboxylic acids is 3. The maximum absolute atomic E-state index is 14.1. The lowest BCUT2D eigenvalue weighted by atomic mass is 9.99. The number of benzene rings is 4. The van der Waals surface area contributed by atoms with Gasteiger partial charge in [0.1, 0.15) is 12.2 Å². The third-order valence-electron chi connectivity index (χ3n) is 7.89. The predicted octanol–water partition coefficient (Wildman–Crippen LogP) is 7.98. The van der Waals surface area contributed by atoms with Crippen molar-refractivity contribution in [1.82, 2.24) is 10.2 Å². The van der Waals surface area contributed by atoms with Crippen LogP contribution < -0.4 is 14.8 Å². The molecule has 0 aromatic heterocycles. The number of thioether (sulfide) groups is 1. The van der Waals surface area contributed by atoms with Crippen molar-refractivity contribution in [3.8, 4) is 11.5 Å². The Bertz CT molecular complexity index is 1980. The number of hydrogen-bond acceptors (Lipinski definition) is 6. The van der Waals surface area contributed by atoms with E-state index in [0.29, 0.717) is 29.4 Å². The van der Waals surface area contributed by atoms with Gasteiger partial charge in [-0.1, -0.05) is 133 Å². The summed E-state index contributed by atoms with van der Waals surface area (Å²) in [6.45, 7) is 7.88. The zero-order valence-corrected chi connectivity index (χ0v) is 29.6. The van der Waals surface area contributed by atoms with Crippen molar-refractivity contribution in [1.29, 1.82) is 0 Å². The molecule has 9 heteroatoms. The van der Waals surface area contributed by atoms with E-state index in [-0.39, 0.29) is 28.4 Å². The van der Waals surface area contributed by atoms with Crippen LogP contribution in [0.3, 0.4) is 0 Å². The highest BCUT2D eigenvalue weighted by atomic mass is 32.2. The first-order valence-electron chi connectivity index (χ1n) is 16.3. The average molecular weight is 698 g/mol. The number of ether oxygens (including phenoxy) is 2. The molecule has 1 N–H and O–H groups in total. The Morgan fingerprint density at radius 3 is 2.27 bits per heavy atom. The molecule has 8 nitrogen and oxygen atoms in total. The van der Waals surface area contributed by atoms with Crippen LogP contribution >= 0.6 is 11.8 Å². The fourth-order valence-corrected chi connectivity index (χ4v) is 6.22. The smallest absolute Gasteiger partial charge is 0.285 e. The van der Waals surface area contributed by atoms with E-state index in [9.17, 15) is 14.4 Å². The maximum Gasteiger partial charge on any atom is 0.285 e. The van der Waals surface area contributed by atoms with Crippen molar-refractivity contribution in [2.24, 2.45) is 4.99 Å². The fraction of sp³-hybridized carbons (Fsp3) is 0.143. The number of aryl methyl sites for hydroxylation is 1. The van der Waals surface area contributed by atoms with Crippen molar-refractivity contribution in [3.63, 3.8) is 0 Å². The lowest BCUT2D eigenvalue weighted by molar-refractivity contribution is -0.126. The summed E-state index contributed by atoms with van der Waals surface area (Å²) in [4.78, 5) is 46.6. The maximum atomic E-state index is 14.1. The van der Waals surface area contributed by atoms with Crippen LogP contribution in [0.1, 0.15) is 40.8 Å². The monoisotopic (exact) mass is 697 g/mol. The third-order valence-corrected chi connectivity index (χ3v) is 8.83. The molecule has 0 saturated carbocycles. The van der Waals surface area contributed by atoms with Gasteiger partial charge in [-0.3, -0.25) is 19.3 Å². The van der Waals surface area contributed by atoms with Crippen LogP contribution in [-0.4, -0.2) is 40.7 Å². The zero-order valence-electron chi connectivity index (χ0n) is 28.7. The van der Waals surface area contributed by atoms with Gasteiger partial charge in [0.05, 0.1) is 18.9 Å². The number of rotatable bonds is 13. The highest BCUT2D eigenvalue weighted by molar-refractivity contribution is 8.14. The van der Waals surface area contributed by atoms with Crippen LogP contribution in [0.2, 0.25) is 0 Å². The minimum atomic E-state index is -0.715. The standard InChI is InChI=1S/C42H39N3O5S/c1-5-7-21-34(6-2)45-41(48)35(25-30-22-23-36(37(26-30)49-4)50-27-31-16-14-15-29(3)24-31)40(47)44-42(45)51-28-38(46)43-39(32-17-10-8-11-18-32)33-19-12-9-13-20-33/h5-26,39H,1,27-28H2,2-4H3,(H,43,46)/b21-7-,34-6+,35-25+. The Morgan fingerprint density at radius 2 is 1.65 bits per heavy atom. The van der Waals surface area contributed by atoms with Gasteiger partial charge in [0.25, 0.3) is 11.8 Å². The molecule has 0 saturated heterocycles. The molecule has 0 atom stereocenters. The van der Waals surface area contributed by atoms with Gasteiger partial charge in [0, 0.05) is 5.70 Å². The molecule has 5 rings (SSSR count). The number of amidine groups is 1. The first kappa shape index (κ1) is 36.4. The second kappa shape index (κ2) is 17.6. The van der Waals surface area contributed by atoms with E-state index in [1.165, 1.54) is 18.1 Å². The van der Waals surface area contributed by atoms with E-state index in [2.05, 4.69) is 16.9 Å². The van der Waals surface area contributed by atoms with E-state index >= 15 is 0 Å². The second-order valence-electron chi connectivity index (χ2n) is 11.5. The molecule has 3 amide bonds. The van der Waals surface area contributed by atoms with Crippen molar-refractivity contribution >= 4 is 40.7 Å². The SMILES string of the molecule is C=C/C=C\C(=C/C)N1C(=O)/C(=C/c2ccc(OCc3cccc(C)c3)c(OC)c2)C(=O)N=C1SCC(=O)NC(c1ccccc1)c1ccccc1. The molecule has 51 heavy (non-hydrogen) atoms. The molecular weight excluding hydrogens is 659 g/mol. The molecule has 0 fully saturated rings. The highest BCUT2D eigenvalue weighted by Gasteiger charge is 2.35. The highest BCUT2D eigenvalue weighted by Crippen LogP contribution is 2.32. The predicted molar refractivity (Wildman–Crippen MR) is 204 cm³/mol. The van der Waals surface area contributed by atoms with Crippen molar-refractivity contribution in [2.45, 2.75) is 26.5 Å². The van der Waals surface area contributed by atoms with Gasteiger partial charge in [-0.2, -0.15) is 4.99 Å². The van der Waals surface area contributed by atoms with Crippen molar-refractivity contribution < 1.29 is 23.9 Å². The van der Waals surface area contributed by atoms with E-state index in [1.54, 1.807) is 49.4 Å². The third kappa shape index (κ3) is 9.40. The molecule has 1 heterocycles. The minimum Gasteiger partial charge on any atom is -0.493 e. The number of nitrogens with one attached hydrogen (secondary N) is 1. The lowest BCUT2D eigenvalue weighted by Gasteiger charge is -2.28. The van der Waals surface area contributed by atoms with Gasteiger partial charge < -0.3 is 14.8 Å². The van der Waals surface area contributed by atoms with Crippen molar-refractivity contribution in [3.05, 3.63) is 173 Å². The van der Waals surface area contributed by atoms with Gasteiger partial charge in [-0.05, 0) is 60.4 Å². The van der Waals surface area contributed by atoms with Gasteiger partial charge in [0.2, 0.25) is 5.91 Å². The summed E-state index contributed by atoms with van der Waals surface area (Å²) < 4.78 is 11.6. The molecule has 0 unspecified atom stereocenters. The number of nitrogens with zero attached hydrogens (tertiary/aromatic N) is 2. The molecule has 0 aliphatic carbocycles. The average Bonchev–Trinajstić information content (AvgIpc) is 3.15. The molecule has 4 aromatic rings. The molecular formula is C42H39N3O5S. The Morgan fingerprint density at radius 1 is 0.941 bits per heavy atom. The van der Waals surface area contributed by atoms with Crippen LogP contribution in [0.25, 0.3) is 6.08 Å². The van der Waals surface area contributed by atoms with Gasteiger partial charge >= 0.3 is 0 Å². The molecule has 258 valence electrons. The fourth-order valence-electron chi connectivity index (χ4n) is 5.42. The summed E-state index contributed by atoms with van der Waals surface area (Å²) in [5.41, 5.74) is 4.87. The summed E-state index contributed by atoms with van der Waals surface area (Å²) in [7, 11) is 1.53. The van der Waals surface area contributed by atoms with Gasteiger partial charge in [-0.25, -0.2) is 0 Å². The quantitative estimate of drug-likeness (QED) is 0.0865. The number of allylic oxidation sites excluding steroid dienone is 4. The van der Waals surface area contributed by atoms with Crippen LogP contribution in [0.15, 0.2) is 150 Å². The number of carbonyl (C=O) groups is 3. The number of aliphatic imine (C=N–C) groups is 1. The Hall–Kier alpha value is -5.93. The molecule has 0 spiro atoms. The Labute approximate surface area is 302 Å². The van der Waals surface area contributed by atoms with Crippen LogP contribution in [0.4, 0.5) is 0 Å². The van der Waals surface area contributed by atoms with Crippen LogP contribution in [-0.2, 0) is 21.0 Å². The number of hydrogen-bond donors (Lipinski definition) is 1. The number of amides is 3. The van der Waals surface area contributed by atoms with Crippen LogP contribution in [0.5, 0.6) is 11.5 Å². The molecule has 0 radical (unpaired) electrons. The molecule has 1 aliphatic rings. The number of methoxy groups -OCH3 is 1. The topological polar surface area (TPSA) is 97.3 Å². The summed E-state index contributed by atoms with van der Waals surface area (Å²) in [5.74, 6) is -0.706. The lowest BCUT2D eigenvalue weighted by Crippen LogP contribution is -2.42. The van der Waals surface area contributed by atoms with Crippen molar-refractivity contribution in [2.75, 3.05) is 12.9 Å². The molecule has 1 aliphatic heterocycles. The van der Waals surface area contributed by atoms with E-state index < -0.39 is 11.8 Å². The van der Waals surface area contributed by atoms with Gasteiger partial charge in [-0.15, -0.1) is 0 Å². The Kier molecular flexibility index (Phi) is 12.6. The van der Waals surface area contributed by atoms with E-state index in [4.69, 9.17) is 9.47 Å². The first-order chi connectivity index (χ1) is 24.8. The first-order valence-corrected chi connectivity index (χ1v) is 17.3. The van der Waals surface area contributed by atoms with Gasteiger partial charge in [0.15, 0.2) is 16.7 Å². The second-order valence-corrected chi connectivity index (χ2v) is 12.4. The van der Waals surface area contributed by atoms with E-state index in [0.717, 1.165) is 34.0 Å². The largest absolute Gasteiger partial charge is 0.493 e. The Balaban J connectivity index is 1.38. The summed E-state index contributed by atoms with van der Waals surface area (Å²) in [5, 5.41) is 3.19. The summed E-state index contributed by atoms with van der Waals surface area (Å²) in [6, 6.07) is 32.2. The molecule has 0 bridgehead atoms. The summed E-state index contributed by atoms with van der Waals surface area (Å²) >= 11 is 1.01. The minimum absolute atomic E-state index is 0.0888. The normalized spacial score (nSPS) is 14.2. The van der Waals surface area contributed by atoms with E-state index in [1.807, 2.05) is 91.9 Å². The zero-order chi connectivity index (χ0) is 36.2. The summed E-state index contributed by atoms with van der Waals surface area (Å²) in [6.07, 6.45) is 8.17. The van der Waals surface area contributed by atoms with Crippen LogP contribution in [0, 0.1) is 6.92 Å².